The summed E-state index contributed by atoms with van der Waals surface area (Å²) in [6.45, 7) is 26.0. The second-order valence-electron chi connectivity index (χ2n) is 16.4. The molecule has 0 unspecified atom stereocenters. The fraction of sp³-hybridized carbons (Fsp3) is 0.400. The predicted molar refractivity (Wildman–Crippen MR) is 200 cm³/mol. The largest absolute Gasteiger partial charge is 0.584 e. The van der Waals surface area contributed by atoms with Crippen LogP contribution in [0.2, 0.25) is 0 Å². The molecular weight excluding hydrogens is 622 g/mol. The molecule has 0 radical (unpaired) electrons. The molecule has 252 valence electrons. The van der Waals surface area contributed by atoms with Crippen molar-refractivity contribution in [3.05, 3.63) is 119 Å². The van der Waals surface area contributed by atoms with E-state index in [0.717, 1.165) is 11.1 Å². The molecule has 0 bridgehead atoms. The molecule has 7 heteroatoms. The van der Waals surface area contributed by atoms with E-state index in [-0.39, 0.29) is 27.0 Å². The molecule has 4 aromatic rings. The zero-order chi connectivity index (χ0) is 35.1. The molecule has 0 spiro atoms. The average Bonchev–Trinajstić information content (AvgIpc) is 2.96. The molecule has 4 rings (SSSR count). The van der Waals surface area contributed by atoms with Crippen LogP contribution in [0.25, 0.3) is 0 Å². The van der Waals surface area contributed by atoms with Crippen molar-refractivity contribution in [2.45, 2.75) is 105 Å². The van der Waals surface area contributed by atoms with Crippen LogP contribution in [-0.2, 0) is 26.0 Å². The maximum Gasteiger partial charge on any atom is 0.584 e. The molecule has 2 N–H and O–H groups in total. The highest BCUT2D eigenvalue weighted by molar-refractivity contribution is 7.81. The van der Waals surface area contributed by atoms with Crippen molar-refractivity contribution in [1.82, 2.24) is 0 Å². The van der Waals surface area contributed by atoms with Crippen molar-refractivity contribution >= 4 is 26.5 Å². The topological polar surface area (TPSA) is 68.2 Å². The van der Waals surface area contributed by atoms with Crippen LogP contribution in [0.15, 0.2) is 97.1 Å². The third-order valence-electron chi connectivity index (χ3n) is 8.13. The minimum atomic E-state index is -4.24. The van der Waals surface area contributed by atoms with Crippen molar-refractivity contribution in [3.63, 3.8) is 0 Å². The van der Waals surface area contributed by atoms with Gasteiger partial charge in [-0.05, 0) is 69.2 Å². The maximum absolute atomic E-state index is 11.8. The molecule has 0 aliphatic rings. The van der Waals surface area contributed by atoms with Gasteiger partial charge in [0.05, 0.1) is 4.31 Å². The van der Waals surface area contributed by atoms with Crippen LogP contribution in [-0.4, -0.2) is 9.79 Å². The number of hydrogen-bond donors (Lipinski definition) is 2. The van der Waals surface area contributed by atoms with E-state index in [1.165, 1.54) is 11.1 Å². The molecule has 0 heterocycles. The monoisotopic (exact) mass is 676 g/mol. The Morgan fingerprint density at radius 3 is 1.15 bits per heavy atom. The first-order valence-electron chi connectivity index (χ1n) is 16.3. The highest BCUT2D eigenvalue weighted by Crippen LogP contribution is 2.72. The number of rotatable bonds is 8. The van der Waals surface area contributed by atoms with E-state index in [4.69, 9.17) is 13.4 Å². The fourth-order valence-electron chi connectivity index (χ4n) is 5.22. The van der Waals surface area contributed by atoms with Crippen molar-refractivity contribution in [2.24, 2.45) is 0 Å². The Bertz CT molecular complexity index is 1580. The van der Waals surface area contributed by atoms with Gasteiger partial charge in [0.25, 0.3) is 0 Å². The number of hydrogen-bond acceptors (Lipinski definition) is 5. The van der Waals surface area contributed by atoms with Gasteiger partial charge in [0, 0.05) is 11.1 Å². The van der Waals surface area contributed by atoms with E-state index in [1.807, 2.05) is 48.5 Å². The molecule has 0 fully saturated rings. The van der Waals surface area contributed by atoms with E-state index in [1.54, 1.807) is 24.3 Å². The molecule has 47 heavy (non-hydrogen) atoms. The molecule has 4 aromatic carbocycles. The summed E-state index contributed by atoms with van der Waals surface area (Å²) >= 11 is 0. The van der Waals surface area contributed by atoms with Crippen LogP contribution in [0.5, 0.6) is 11.5 Å². The van der Waals surface area contributed by atoms with Gasteiger partial charge in [0.15, 0.2) is 16.8 Å². The van der Waals surface area contributed by atoms with Gasteiger partial charge < -0.3 is 0 Å². The van der Waals surface area contributed by atoms with E-state index in [2.05, 4.69) is 107 Å². The van der Waals surface area contributed by atoms with Crippen LogP contribution >= 0.6 is 15.9 Å². The second-order valence-corrected chi connectivity index (χ2v) is 20.5. The van der Waals surface area contributed by atoms with E-state index < -0.39 is 15.9 Å². The van der Waals surface area contributed by atoms with Crippen molar-refractivity contribution in [2.75, 3.05) is 0 Å². The smallest absolute Gasteiger partial charge is 0.271 e. The van der Waals surface area contributed by atoms with Gasteiger partial charge >= 0.3 is 15.9 Å². The van der Waals surface area contributed by atoms with Crippen LogP contribution in [0.4, 0.5) is 0 Å². The lowest BCUT2D eigenvalue weighted by Gasteiger charge is -2.30. The highest BCUT2D eigenvalue weighted by Gasteiger charge is 2.66. The Morgan fingerprint density at radius 2 is 0.809 bits per heavy atom. The molecule has 0 saturated carbocycles. The molecule has 0 atom stereocenters. The molecular formula is C40H54O5P2+2. The highest BCUT2D eigenvalue weighted by atomic mass is 31.3. The molecule has 5 nitrogen and oxygen atoms in total. The Balaban J connectivity index is 2.04. The van der Waals surface area contributed by atoms with E-state index in [0.29, 0.717) is 16.8 Å². The summed E-state index contributed by atoms with van der Waals surface area (Å²) in [5, 5.41) is 0.855. The molecule has 0 amide bonds. The Kier molecular flexibility index (Phi) is 10.5. The standard InChI is InChI=1S/C40H54O5P2/c1-37(2,3)29-23-25-35(33(27-29)39(7,8)9)43-47(32-21-17-14-18-22-32,45-46(41,42)31-19-15-13-16-20-31)44-36-26-24-30(38(4,5)6)28-34(36)40(10,11)12/h13-28,41-42H,1-12H3/q+2. The first-order chi connectivity index (χ1) is 21.5. The van der Waals surface area contributed by atoms with Crippen molar-refractivity contribution < 1.29 is 23.1 Å². The lowest BCUT2D eigenvalue weighted by Crippen LogP contribution is -2.28. The first-order valence-corrected chi connectivity index (χ1v) is 19.4. The predicted octanol–water partition coefficient (Wildman–Crippen LogP) is 10.5. The lowest BCUT2D eigenvalue weighted by atomic mass is 9.80. The van der Waals surface area contributed by atoms with Gasteiger partial charge in [0.2, 0.25) is 5.30 Å². The maximum atomic E-state index is 11.8. The minimum absolute atomic E-state index is 0.0855. The van der Waals surface area contributed by atoms with Gasteiger partial charge in [-0.15, -0.1) is 0 Å². The van der Waals surface area contributed by atoms with Crippen molar-refractivity contribution in [1.29, 1.82) is 0 Å². The molecule has 0 aliphatic carbocycles. The fourth-order valence-corrected chi connectivity index (χ4v) is 9.62. The zero-order valence-corrected chi connectivity index (χ0v) is 32.0. The van der Waals surface area contributed by atoms with Crippen LogP contribution in [0.1, 0.15) is 105 Å². The summed E-state index contributed by atoms with van der Waals surface area (Å²) < 4.78 is 20.9. The molecule has 0 aliphatic heterocycles. The van der Waals surface area contributed by atoms with Gasteiger partial charge in [0.1, 0.15) is 0 Å². The summed E-state index contributed by atoms with van der Waals surface area (Å²) in [7, 11) is -8.07. The summed E-state index contributed by atoms with van der Waals surface area (Å²) in [6.07, 6.45) is 0. The number of benzene rings is 4. The minimum Gasteiger partial charge on any atom is -0.271 e. The van der Waals surface area contributed by atoms with Crippen LogP contribution in [0, 0.1) is 0 Å². The second kappa shape index (κ2) is 13.3. The average molecular weight is 677 g/mol. The van der Waals surface area contributed by atoms with Crippen LogP contribution < -0.4 is 19.7 Å². The summed E-state index contributed by atoms with van der Waals surface area (Å²) in [6, 6.07) is 30.5. The van der Waals surface area contributed by atoms with Gasteiger partial charge in [-0.3, -0.25) is 9.05 Å². The summed E-state index contributed by atoms with van der Waals surface area (Å²) in [5.41, 5.74) is 3.49. The summed E-state index contributed by atoms with van der Waals surface area (Å²) in [4.78, 5) is 23.6. The van der Waals surface area contributed by atoms with E-state index in [9.17, 15) is 9.79 Å². The normalized spacial score (nSPS) is 13.4. The summed E-state index contributed by atoms with van der Waals surface area (Å²) in [5.74, 6) is 1.14. The molecule has 0 saturated heterocycles. The van der Waals surface area contributed by atoms with Crippen molar-refractivity contribution in [3.8, 4) is 11.5 Å². The first kappa shape index (κ1) is 37.0. The quantitative estimate of drug-likeness (QED) is 0.182. The Hall–Kier alpha value is -2.78. The third kappa shape index (κ3) is 8.83. The van der Waals surface area contributed by atoms with E-state index >= 15 is 0 Å². The lowest BCUT2D eigenvalue weighted by molar-refractivity contribution is 0.304. The third-order valence-corrected chi connectivity index (χ3v) is 12.7. The molecule has 0 aromatic heterocycles. The zero-order valence-electron chi connectivity index (χ0n) is 30.3. The Morgan fingerprint density at radius 1 is 0.447 bits per heavy atom. The van der Waals surface area contributed by atoms with Crippen LogP contribution in [0.3, 0.4) is 0 Å². The Labute approximate surface area is 284 Å². The van der Waals surface area contributed by atoms with Gasteiger partial charge in [-0.1, -0.05) is 144 Å². The van der Waals surface area contributed by atoms with Gasteiger partial charge in [-0.2, -0.15) is 9.79 Å². The SMILES string of the molecule is CC(C)(C)c1ccc(O[P+](Oc2ccc(C(C)(C)C)cc2C(C)(C)C)(O[P+](O)(O)c2ccccc2)c2ccccc2)c(C(C)(C)C)c1. The van der Waals surface area contributed by atoms with Gasteiger partial charge in [-0.25, -0.2) is 0 Å².